The SMILES string of the molecule is CCC1C(=O)NC(C=O)=C1C. The van der Waals surface area contributed by atoms with E-state index in [0.29, 0.717) is 12.0 Å². The van der Waals surface area contributed by atoms with Gasteiger partial charge in [-0.2, -0.15) is 0 Å². The molecule has 0 fully saturated rings. The average molecular weight is 153 g/mol. The van der Waals surface area contributed by atoms with Crippen molar-refractivity contribution in [2.24, 2.45) is 5.92 Å². The van der Waals surface area contributed by atoms with Gasteiger partial charge in [0.25, 0.3) is 0 Å². The highest BCUT2D eigenvalue weighted by Gasteiger charge is 2.27. The third-order valence-electron chi connectivity index (χ3n) is 2.05. The van der Waals surface area contributed by atoms with Gasteiger partial charge in [-0.3, -0.25) is 9.59 Å². The second-order valence-electron chi connectivity index (χ2n) is 2.66. The Kier molecular flexibility index (Phi) is 2.08. The number of hydrogen-bond acceptors (Lipinski definition) is 2. The molecule has 0 spiro atoms. The average Bonchev–Trinajstić information content (AvgIpc) is 2.26. The summed E-state index contributed by atoms with van der Waals surface area (Å²) in [5.74, 6) is -0.137. The van der Waals surface area contributed by atoms with Crippen molar-refractivity contribution in [3.63, 3.8) is 0 Å². The quantitative estimate of drug-likeness (QED) is 0.591. The molecular formula is C8H11NO2. The minimum absolute atomic E-state index is 0.0490. The Morgan fingerprint density at radius 2 is 2.27 bits per heavy atom. The molecule has 1 amide bonds. The molecule has 0 aromatic heterocycles. The fourth-order valence-electron chi connectivity index (χ4n) is 1.32. The molecule has 0 aliphatic carbocycles. The van der Waals surface area contributed by atoms with Gasteiger partial charge in [-0.1, -0.05) is 6.92 Å². The van der Waals surface area contributed by atoms with Gasteiger partial charge < -0.3 is 5.32 Å². The first-order valence-electron chi connectivity index (χ1n) is 3.67. The number of aldehydes is 1. The van der Waals surface area contributed by atoms with Crippen molar-refractivity contribution in [2.75, 3.05) is 0 Å². The lowest BCUT2D eigenvalue weighted by Crippen LogP contribution is -2.21. The van der Waals surface area contributed by atoms with Crippen LogP contribution in [-0.4, -0.2) is 12.2 Å². The van der Waals surface area contributed by atoms with Gasteiger partial charge in [-0.15, -0.1) is 0 Å². The highest BCUT2D eigenvalue weighted by Crippen LogP contribution is 2.22. The van der Waals surface area contributed by atoms with Crippen molar-refractivity contribution < 1.29 is 9.59 Å². The molecule has 0 saturated heterocycles. The summed E-state index contributed by atoms with van der Waals surface area (Å²) in [6.07, 6.45) is 1.46. The molecule has 0 radical (unpaired) electrons. The minimum Gasteiger partial charge on any atom is -0.323 e. The van der Waals surface area contributed by atoms with Crippen LogP contribution < -0.4 is 5.32 Å². The molecule has 1 atom stereocenters. The predicted molar refractivity (Wildman–Crippen MR) is 40.7 cm³/mol. The van der Waals surface area contributed by atoms with Gasteiger partial charge in [0.2, 0.25) is 5.91 Å². The van der Waals surface area contributed by atoms with E-state index in [2.05, 4.69) is 5.32 Å². The van der Waals surface area contributed by atoms with Crippen molar-refractivity contribution >= 4 is 12.2 Å². The number of carbonyl (C=O) groups excluding carboxylic acids is 2. The van der Waals surface area contributed by atoms with Gasteiger partial charge in [0.05, 0.1) is 11.6 Å². The number of amides is 1. The molecule has 3 nitrogen and oxygen atoms in total. The van der Waals surface area contributed by atoms with Gasteiger partial charge in [0, 0.05) is 0 Å². The highest BCUT2D eigenvalue weighted by molar-refractivity contribution is 5.94. The third kappa shape index (κ3) is 1.18. The van der Waals surface area contributed by atoms with Gasteiger partial charge in [-0.05, 0) is 18.9 Å². The van der Waals surface area contributed by atoms with Gasteiger partial charge in [0.15, 0.2) is 6.29 Å². The molecule has 11 heavy (non-hydrogen) atoms. The van der Waals surface area contributed by atoms with Crippen molar-refractivity contribution in [3.8, 4) is 0 Å². The van der Waals surface area contributed by atoms with Crippen LogP contribution in [-0.2, 0) is 9.59 Å². The zero-order valence-electron chi connectivity index (χ0n) is 6.68. The molecule has 60 valence electrons. The summed E-state index contributed by atoms with van der Waals surface area (Å²) in [6.45, 7) is 3.75. The topological polar surface area (TPSA) is 46.2 Å². The summed E-state index contributed by atoms with van der Waals surface area (Å²) < 4.78 is 0. The minimum atomic E-state index is -0.0878. The van der Waals surface area contributed by atoms with Crippen LogP contribution in [0.25, 0.3) is 0 Å². The van der Waals surface area contributed by atoms with Gasteiger partial charge in [-0.25, -0.2) is 0 Å². The molecule has 1 rings (SSSR count). The third-order valence-corrected chi connectivity index (χ3v) is 2.05. The first kappa shape index (κ1) is 7.98. The van der Waals surface area contributed by atoms with E-state index in [1.807, 2.05) is 13.8 Å². The van der Waals surface area contributed by atoms with E-state index in [1.165, 1.54) is 0 Å². The van der Waals surface area contributed by atoms with E-state index in [1.54, 1.807) is 0 Å². The van der Waals surface area contributed by atoms with Crippen LogP contribution in [0.3, 0.4) is 0 Å². The van der Waals surface area contributed by atoms with E-state index in [9.17, 15) is 9.59 Å². The Bertz CT molecular complexity index is 230. The van der Waals surface area contributed by atoms with E-state index in [0.717, 1.165) is 12.0 Å². The molecule has 0 saturated carbocycles. The molecule has 0 aromatic rings. The van der Waals surface area contributed by atoms with Gasteiger partial charge in [0.1, 0.15) is 0 Å². The summed E-state index contributed by atoms with van der Waals surface area (Å²) in [6, 6.07) is 0. The molecule has 3 heteroatoms. The maximum absolute atomic E-state index is 11.1. The molecular weight excluding hydrogens is 142 g/mol. The van der Waals surface area contributed by atoms with Crippen molar-refractivity contribution in [2.45, 2.75) is 20.3 Å². The normalized spacial score (nSPS) is 23.8. The second kappa shape index (κ2) is 2.86. The van der Waals surface area contributed by atoms with Crippen LogP contribution in [0.15, 0.2) is 11.3 Å². The van der Waals surface area contributed by atoms with Crippen molar-refractivity contribution in [1.29, 1.82) is 0 Å². The van der Waals surface area contributed by atoms with Gasteiger partial charge >= 0.3 is 0 Å². The lowest BCUT2D eigenvalue weighted by Gasteiger charge is -2.02. The number of hydrogen-bond donors (Lipinski definition) is 1. The second-order valence-corrected chi connectivity index (χ2v) is 2.66. The number of allylic oxidation sites excluding steroid dienone is 1. The maximum Gasteiger partial charge on any atom is 0.231 e. The van der Waals surface area contributed by atoms with Crippen LogP contribution in [0.2, 0.25) is 0 Å². The van der Waals surface area contributed by atoms with Crippen LogP contribution in [0, 0.1) is 5.92 Å². The Labute approximate surface area is 65.5 Å². The Morgan fingerprint density at radius 3 is 2.55 bits per heavy atom. The Hall–Kier alpha value is -1.12. The molecule has 1 heterocycles. The fourth-order valence-corrected chi connectivity index (χ4v) is 1.32. The van der Waals surface area contributed by atoms with E-state index < -0.39 is 0 Å². The number of carbonyl (C=O) groups is 2. The first-order valence-corrected chi connectivity index (χ1v) is 3.67. The summed E-state index contributed by atoms with van der Waals surface area (Å²) in [4.78, 5) is 21.4. The molecule has 1 aliphatic heterocycles. The molecule has 1 N–H and O–H groups in total. The van der Waals surface area contributed by atoms with Crippen molar-refractivity contribution in [3.05, 3.63) is 11.3 Å². The summed E-state index contributed by atoms with van der Waals surface area (Å²) in [5.41, 5.74) is 1.31. The largest absolute Gasteiger partial charge is 0.323 e. The van der Waals surface area contributed by atoms with E-state index >= 15 is 0 Å². The van der Waals surface area contributed by atoms with Crippen LogP contribution >= 0.6 is 0 Å². The Balaban J connectivity index is 2.90. The Morgan fingerprint density at radius 1 is 1.64 bits per heavy atom. The summed E-state index contributed by atoms with van der Waals surface area (Å²) in [7, 11) is 0. The lowest BCUT2D eigenvalue weighted by atomic mass is 9.99. The lowest BCUT2D eigenvalue weighted by molar-refractivity contribution is -0.122. The maximum atomic E-state index is 11.1. The summed E-state index contributed by atoms with van der Waals surface area (Å²) in [5, 5.41) is 2.53. The fraction of sp³-hybridized carbons (Fsp3) is 0.500. The van der Waals surface area contributed by atoms with Crippen LogP contribution in [0.4, 0.5) is 0 Å². The summed E-state index contributed by atoms with van der Waals surface area (Å²) >= 11 is 0. The molecule has 1 unspecified atom stereocenters. The highest BCUT2D eigenvalue weighted by atomic mass is 16.2. The smallest absolute Gasteiger partial charge is 0.231 e. The zero-order chi connectivity index (χ0) is 8.43. The number of nitrogens with one attached hydrogen (secondary N) is 1. The molecule has 0 bridgehead atoms. The van der Waals surface area contributed by atoms with Crippen LogP contribution in [0.1, 0.15) is 20.3 Å². The van der Waals surface area contributed by atoms with Crippen LogP contribution in [0.5, 0.6) is 0 Å². The van der Waals surface area contributed by atoms with E-state index in [4.69, 9.17) is 0 Å². The van der Waals surface area contributed by atoms with E-state index in [-0.39, 0.29) is 11.8 Å². The zero-order valence-corrected chi connectivity index (χ0v) is 6.68. The molecule has 0 aromatic carbocycles. The monoisotopic (exact) mass is 153 g/mol. The standard InChI is InChI=1S/C8H11NO2/c1-3-6-5(2)7(4-10)9-8(6)11/h4,6H,3H2,1-2H3,(H,9,11). The van der Waals surface area contributed by atoms with Crippen molar-refractivity contribution in [1.82, 2.24) is 5.32 Å². The predicted octanol–water partition coefficient (Wildman–Crippen LogP) is 0.615. The molecule has 1 aliphatic rings. The number of rotatable bonds is 2. The first-order chi connectivity index (χ1) is 5.20.